The summed E-state index contributed by atoms with van der Waals surface area (Å²) in [5.74, 6) is -0.797. The van der Waals surface area contributed by atoms with Crippen LogP contribution in [0, 0.1) is 0 Å². The molecule has 0 aromatic heterocycles. The summed E-state index contributed by atoms with van der Waals surface area (Å²) >= 11 is 0. The van der Waals surface area contributed by atoms with E-state index in [0.29, 0.717) is 10.5 Å². The normalized spacial score (nSPS) is 25.0. The number of imide groups is 1. The highest BCUT2D eigenvalue weighted by molar-refractivity contribution is 6.07. The van der Waals surface area contributed by atoms with Gasteiger partial charge in [0, 0.05) is 0 Å². The number of hydrogen-bond donors (Lipinski definition) is 2. The van der Waals surface area contributed by atoms with Gasteiger partial charge in [-0.25, -0.2) is 4.79 Å². The highest BCUT2D eigenvalue weighted by Crippen LogP contribution is 2.33. The van der Waals surface area contributed by atoms with E-state index in [-0.39, 0.29) is 0 Å². The number of nitrogens with zero attached hydrogens (tertiary/aromatic N) is 1. The Balaban J connectivity index is 1.87. The number of rotatable bonds is 3. The van der Waals surface area contributed by atoms with Gasteiger partial charge in [0.05, 0.1) is 6.54 Å². The molecule has 0 unspecified atom stereocenters. The molecule has 24 heavy (non-hydrogen) atoms. The number of hydrogen-bond acceptors (Lipinski definition) is 3. The van der Waals surface area contributed by atoms with Crippen molar-refractivity contribution < 1.29 is 27.9 Å². The predicted octanol–water partition coefficient (Wildman–Crippen LogP) is 1.87. The van der Waals surface area contributed by atoms with E-state index in [4.69, 9.17) is 5.11 Å². The number of aliphatic hydroxyl groups is 1. The van der Waals surface area contributed by atoms with E-state index >= 15 is 0 Å². The first-order valence-corrected chi connectivity index (χ1v) is 7.64. The number of amides is 3. The number of carbonyl (C=O) groups is 2. The van der Waals surface area contributed by atoms with Crippen molar-refractivity contribution in [3.8, 4) is 0 Å². The van der Waals surface area contributed by atoms with E-state index in [9.17, 15) is 22.8 Å². The maximum absolute atomic E-state index is 12.6. The molecule has 1 aromatic rings. The summed E-state index contributed by atoms with van der Waals surface area (Å²) in [6, 6.07) is 4.48. The number of β-amino-alcohol motifs (C(OH)–C–C–N with tert-alkyl or cyclic N) is 1. The van der Waals surface area contributed by atoms with Crippen LogP contribution in [0.2, 0.25) is 0 Å². The van der Waals surface area contributed by atoms with Gasteiger partial charge in [-0.2, -0.15) is 13.2 Å². The molecule has 1 saturated heterocycles. The molecule has 3 rings (SSSR count). The number of benzene rings is 1. The Labute approximate surface area is 136 Å². The van der Waals surface area contributed by atoms with Crippen LogP contribution in [0.4, 0.5) is 18.0 Å². The number of fused-ring (bicyclic) bond motifs is 1. The third kappa shape index (κ3) is 2.64. The lowest BCUT2D eigenvalue weighted by atomic mass is 9.89. The second kappa shape index (κ2) is 5.47. The average Bonchev–Trinajstić information content (AvgIpc) is 3.04. The van der Waals surface area contributed by atoms with Crippen LogP contribution in [0.5, 0.6) is 0 Å². The Morgan fingerprint density at radius 2 is 1.96 bits per heavy atom. The van der Waals surface area contributed by atoms with Crippen LogP contribution in [-0.2, 0) is 23.2 Å². The van der Waals surface area contributed by atoms with E-state index in [1.807, 2.05) is 12.1 Å². The smallest absolute Gasteiger partial charge is 0.382 e. The molecule has 1 fully saturated rings. The lowest BCUT2D eigenvalue weighted by Crippen LogP contribution is -2.45. The molecule has 0 saturated carbocycles. The fraction of sp³-hybridized carbons (Fsp3) is 0.500. The molecule has 2 aliphatic rings. The Bertz CT molecular complexity index is 704. The summed E-state index contributed by atoms with van der Waals surface area (Å²) in [7, 11) is 0. The minimum atomic E-state index is -4.90. The Kier molecular flexibility index (Phi) is 3.82. The highest BCUT2D eigenvalue weighted by atomic mass is 19.4. The molecule has 8 heteroatoms. The van der Waals surface area contributed by atoms with Crippen LogP contribution in [0.3, 0.4) is 0 Å². The van der Waals surface area contributed by atoms with Crippen molar-refractivity contribution in [1.29, 1.82) is 0 Å². The van der Waals surface area contributed by atoms with Crippen LogP contribution in [0.25, 0.3) is 0 Å². The first kappa shape index (κ1) is 16.8. The standard InChI is InChI=1S/C16H17F3N2O3/c1-15(11-6-5-9-3-2-4-10(9)7-11)13(23)21(14(24)20-15)8-12(22)16(17,18)19/h5-7,12,22H,2-4,8H2,1H3,(H,20,24)/t12-,15+/m1/s1. The van der Waals surface area contributed by atoms with E-state index in [2.05, 4.69) is 5.32 Å². The minimum absolute atomic E-state index is 0.422. The molecule has 130 valence electrons. The van der Waals surface area contributed by atoms with E-state index in [1.165, 1.54) is 12.5 Å². The predicted molar refractivity (Wildman–Crippen MR) is 78.1 cm³/mol. The van der Waals surface area contributed by atoms with Crippen molar-refractivity contribution in [2.75, 3.05) is 6.54 Å². The van der Waals surface area contributed by atoms with Crippen molar-refractivity contribution in [2.24, 2.45) is 0 Å². The van der Waals surface area contributed by atoms with Gasteiger partial charge in [0.2, 0.25) is 0 Å². The molecule has 1 aliphatic heterocycles. The molecule has 1 aromatic carbocycles. The molecular formula is C16H17F3N2O3. The van der Waals surface area contributed by atoms with Gasteiger partial charge >= 0.3 is 12.2 Å². The first-order chi connectivity index (χ1) is 11.1. The number of alkyl halides is 3. The lowest BCUT2D eigenvalue weighted by Gasteiger charge is -2.24. The minimum Gasteiger partial charge on any atom is -0.382 e. The second-order valence-electron chi connectivity index (χ2n) is 6.37. The van der Waals surface area contributed by atoms with Crippen LogP contribution in [-0.4, -0.2) is 40.8 Å². The van der Waals surface area contributed by atoms with Crippen LogP contribution in [0.1, 0.15) is 30.0 Å². The highest BCUT2D eigenvalue weighted by Gasteiger charge is 2.51. The Hall–Kier alpha value is -2.09. The largest absolute Gasteiger partial charge is 0.416 e. The first-order valence-electron chi connectivity index (χ1n) is 7.64. The fourth-order valence-corrected chi connectivity index (χ4v) is 3.22. The molecule has 3 amide bonds. The van der Waals surface area contributed by atoms with E-state index in [0.717, 1.165) is 24.8 Å². The summed E-state index contributed by atoms with van der Waals surface area (Å²) in [4.78, 5) is 25.0. The second-order valence-corrected chi connectivity index (χ2v) is 6.37. The summed E-state index contributed by atoms with van der Waals surface area (Å²) in [5, 5.41) is 11.6. The molecular weight excluding hydrogens is 325 g/mol. The topological polar surface area (TPSA) is 69.6 Å². The summed E-state index contributed by atoms with van der Waals surface area (Å²) in [5.41, 5.74) is 1.37. The molecule has 1 heterocycles. The van der Waals surface area contributed by atoms with Crippen molar-refractivity contribution >= 4 is 11.9 Å². The van der Waals surface area contributed by atoms with E-state index < -0.39 is 36.3 Å². The van der Waals surface area contributed by atoms with Gasteiger partial charge in [0.25, 0.3) is 5.91 Å². The molecule has 2 atom stereocenters. The third-order valence-corrected chi connectivity index (χ3v) is 4.68. The zero-order chi connectivity index (χ0) is 17.7. The fourth-order valence-electron chi connectivity index (χ4n) is 3.22. The molecule has 2 N–H and O–H groups in total. The molecule has 1 aliphatic carbocycles. The van der Waals surface area contributed by atoms with Crippen molar-refractivity contribution in [3.63, 3.8) is 0 Å². The lowest BCUT2D eigenvalue weighted by molar-refractivity contribution is -0.206. The Morgan fingerprint density at radius 3 is 2.62 bits per heavy atom. The van der Waals surface area contributed by atoms with Crippen molar-refractivity contribution in [3.05, 3.63) is 34.9 Å². The van der Waals surface area contributed by atoms with Crippen LogP contribution in [0.15, 0.2) is 18.2 Å². The number of aryl methyl sites for hydroxylation is 2. The van der Waals surface area contributed by atoms with Crippen LogP contribution < -0.4 is 5.32 Å². The van der Waals surface area contributed by atoms with E-state index in [1.54, 1.807) is 6.07 Å². The number of aliphatic hydroxyl groups excluding tert-OH is 1. The number of halogens is 3. The van der Waals surface area contributed by atoms with Gasteiger partial charge in [0.15, 0.2) is 6.10 Å². The molecule has 0 radical (unpaired) electrons. The van der Waals surface area contributed by atoms with Gasteiger partial charge < -0.3 is 10.4 Å². The monoisotopic (exact) mass is 342 g/mol. The molecule has 0 bridgehead atoms. The van der Waals surface area contributed by atoms with Crippen molar-refractivity contribution in [1.82, 2.24) is 10.2 Å². The third-order valence-electron chi connectivity index (χ3n) is 4.68. The summed E-state index contributed by atoms with van der Waals surface area (Å²) in [6.45, 7) is 0.346. The molecule has 5 nitrogen and oxygen atoms in total. The number of nitrogens with one attached hydrogen (secondary N) is 1. The maximum atomic E-state index is 12.6. The SMILES string of the molecule is C[C@@]1(c2ccc3c(c2)CCC3)NC(=O)N(C[C@@H](O)C(F)(F)F)C1=O. The van der Waals surface area contributed by atoms with Gasteiger partial charge in [-0.3, -0.25) is 9.69 Å². The van der Waals surface area contributed by atoms with Gasteiger partial charge in [-0.1, -0.05) is 18.2 Å². The maximum Gasteiger partial charge on any atom is 0.416 e. The Morgan fingerprint density at radius 1 is 1.29 bits per heavy atom. The number of urea groups is 1. The average molecular weight is 342 g/mol. The number of carbonyl (C=O) groups excluding carboxylic acids is 2. The zero-order valence-corrected chi connectivity index (χ0v) is 13.0. The van der Waals surface area contributed by atoms with Gasteiger partial charge in [0.1, 0.15) is 5.54 Å². The zero-order valence-electron chi connectivity index (χ0n) is 13.0. The molecule has 0 spiro atoms. The summed E-state index contributed by atoms with van der Waals surface area (Å²) < 4.78 is 37.5. The van der Waals surface area contributed by atoms with Crippen LogP contribution >= 0.6 is 0 Å². The summed E-state index contributed by atoms with van der Waals surface area (Å²) in [6.07, 6.45) is -4.82. The quantitative estimate of drug-likeness (QED) is 0.824. The van der Waals surface area contributed by atoms with Gasteiger partial charge in [-0.05, 0) is 42.9 Å². The van der Waals surface area contributed by atoms with Crippen molar-refractivity contribution in [2.45, 2.75) is 44.0 Å². The van der Waals surface area contributed by atoms with Gasteiger partial charge in [-0.15, -0.1) is 0 Å².